The Labute approximate surface area is 133 Å². The van der Waals surface area contributed by atoms with Crippen LogP contribution in [0.4, 0.5) is 0 Å². The van der Waals surface area contributed by atoms with E-state index in [1.807, 2.05) is 11.3 Å². The van der Waals surface area contributed by atoms with Crippen molar-refractivity contribution in [2.45, 2.75) is 39.0 Å². The highest BCUT2D eigenvalue weighted by Gasteiger charge is 2.30. The van der Waals surface area contributed by atoms with Gasteiger partial charge in [0.2, 0.25) is 0 Å². The fraction of sp³-hybridized carbons (Fsp3) is 0.474. The van der Waals surface area contributed by atoms with E-state index in [4.69, 9.17) is 0 Å². The normalized spacial score (nSPS) is 14.3. The molecule has 1 unspecified atom stereocenters. The summed E-state index contributed by atoms with van der Waals surface area (Å²) in [6.07, 6.45) is 2.27. The molecule has 1 nitrogen and oxygen atoms in total. The van der Waals surface area contributed by atoms with E-state index < -0.39 is 0 Å². The van der Waals surface area contributed by atoms with E-state index in [2.05, 4.69) is 73.9 Å². The summed E-state index contributed by atoms with van der Waals surface area (Å²) in [5, 5.41) is 5.88. The lowest BCUT2D eigenvalue weighted by molar-refractivity contribution is 0.369. The van der Waals surface area contributed by atoms with Crippen LogP contribution >= 0.6 is 11.3 Å². The Morgan fingerprint density at radius 2 is 1.86 bits per heavy atom. The molecule has 2 aromatic rings. The van der Waals surface area contributed by atoms with Crippen molar-refractivity contribution in [3.05, 3.63) is 58.3 Å². The first-order valence-corrected chi connectivity index (χ1v) is 8.83. The Balaban J connectivity index is 2.22. The summed E-state index contributed by atoms with van der Waals surface area (Å²) in [5.41, 5.74) is 1.65. The molecule has 0 aliphatic heterocycles. The van der Waals surface area contributed by atoms with E-state index in [0.29, 0.717) is 5.92 Å². The third kappa shape index (κ3) is 4.42. The summed E-state index contributed by atoms with van der Waals surface area (Å²) in [7, 11) is 0. The summed E-state index contributed by atoms with van der Waals surface area (Å²) < 4.78 is 0. The van der Waals surface area contributed by atoms with Crippen molar-refractivity contribution in [3.8, 4) is 0 Å². The minimum Gasteiger partial charge on any atom is -0.316 e. The number of rotatable bonds is 8. The van der Waals surface area contributed by atoms with E-state index in [-0.39, 0.29) is 5.41 Å². The lowest BCUT2D eigenvalue weighted by Crippen LogP contribution is -2.40. The number of hydrogen-bond donors (Lipinski definition) is 1. The molecule has 2 rings (SSSR count). The van der Waals surface area contributed by atoms with Gasteiger partial charge in [0.05, 0.1) is 0 Å². The molecule has 21 heavy (non-hydrogen) atoms. The molecule has 1 heterocycles. The molecule has 0 aliphatic carbocycles. The highest BCUT2D eigenvalue weighted by Crippen LogP contribution is 2.33. The summed E-state index contributed by atoms with van der Waals surface area (Å²) in [6, 6.07) is 15.4. The molecule has 114 valence electrons. The topological polar surface area (TPSA) is 12.0 Å². The maximum atomic E-state index is 3.69. The van der Waals surface area contributed by atoms with Crippen molar-refractivity contribution in [2.24, 2.45) is 5.92 Å². The smallest absolute Gasteiger partial charge is 0.0123 e. The second-order valence-electron chi connectivity index (χ2n) is 6.28. The van der Waals surface area contributed by atoms with E-state index in [1.165, 1.54) is 10.4 Å². The number of benzene rings is 1. The fourth-order valence-corrected chi connectivity index (χ4v) is 3.71. The number of hydrogen-bond acceptors (Lipinski definition) is 2. The van der Waals surface area contributed by atoms with Gasteiger partial charge in [-0.15, -0.1) is 11.3 Å². The predicted molar refractivity (Wildman–Crippen MR) is 94.1 cm³/mol. The molecule has 1 aromatic carbocycles. The minimum absolute atomic E-state index is 0.195. The molecule has 0 amide bonds. The van der Waals surface area contributed by atoms with E-state index in [0.717, 1.165) is 25.9 Å². The number of thiophene rings is 1. The van der Waals surface area contributed by atoms with Crippen molar-refractivity contribution in [3.63, 3.8) is 0 Å². The van der Waals surface area contributed by atoms with Gasteiger partial charge in [-0.3, -0.25) is 0 Å². The van der Waals surface area contributed by atoms with Gasteiger partial charge in [0, 0.05) is 16.8 Å². The molecule has 2 heteroatoms. The quantitative estimate of drug-likeness (QED) is 0.732. The molecule has 1 N–H and O–H groups in total. The Bertz CT molecular complexity index is 504. The van der Waals surface area contributed by atoms with E-state index in [1.54, 1.807) is 0 Å². The van der Waals surface area contributed by atoms with Crippen molar-refractivity contribution in [2.75, 3.05) is 13.1 Å². The van der Waals surface area contributed by atoms with Crippen LogP contribution in [0.1, 0.15) is 37.6 Å². The minimum atomic E-state index is 0.195. The third-order valence-corrected chi connectivity index (χ3v) is 5.05. The van der Waals surface area contributed by atoms with Gasteiger partial charge in [0.1, 0.15) is 0 Å². The Morgan fingerprint density at radius 1 is 1.10 bits per heavy atom. The van der Waals surface area contributed by atoms with Gasteiger partial charge in [0.15, 0.2) is 0 Å². The standard InChI is InChI=1S/C19H27NS/c1-4-19(15-20-14-16(2)3,13-18-11-8-12-21-18)17-9-6-5-7-10-17/h5-12,16,20H,4,13-15H2,1-3H3. The third-order valence-electron chi connectivity index (χ3n) is 4.17. The average molecular weight is 301 g/mol. The van der Waals surface area contributed by atoms with Gasteiger partial charge in [-0.2, -0.15) is 0 Å². The first kappa shape index (κ1) is 16.3. The molecule has 0 fully saturated rings. The Hall–Kier alpha value is -1.12. The highest BCUT2D eigenvalue weighted by atomic mass is 32.1. The van der Waals surface area contributed by atoms with Gasteiger partial charge >= 0.3 is 0 Å². The molecule has 0 bridgehead atoms. The highest BCUT2D eigenvalue weighted by molar-refractivity contribution is 7.09. The van der Waals surface area contributed by atoms with Crippen LogP contribution in [0.3, 0.4) is 0 Å². The second kappa shape index (κ2) is 7.77. The van der Waals surface area contributed by atoms with Gasteiger partial charge in [0.25, 0.3) is 0 Å². The molecular formula is C19H27NS. The lowest BCUT2D eigenvalue weighted by atomic mass is 9.74. The zero-order valence-electron chi connectivity index (χ0n) is 13.4. The summed E-state index contributed by atoms with van der Waals surface area (Å²) in [5.74, 6) is 0.692. The van der Waals surface area contributed by atoms with Crippen molar-refractivity contribution >= 4 is 11.3 Å². The van der Waals surface area contributed by atoms with Crippen LogP contribution in [0.25, 0.3) is 0 Å². The van der Waals surface area contributed by atoms with E-state index in [9.17, 15) is 0 Å². The average Bonchev–Trinajstić information content (AvgIpc) is 2.99. The molecule has 0 saturated carbocycles. The van der Waals surface area contributed by atoms with Crippen LogP contribution in [0.15, 0.2) is 47.8 Å². The fourth-order valence-electron chi connectivity index (χ4n) is 2.86. The zero-order valence-corrected chi connectivity index (χ0v) is 14.2. The largest absolute Gasteiger partial charge is 0.316 e. The molecule has 0 aliphatic rings. The van der Waals surface area contributed by atoms with Crippen LogP contribution in [0, 0.1) is 5.92 Å². The van der Waals surface area contributed by atoms with Crippen LogP contribution in [0.5, 0.6) is 0 Å². The van der Waals surface area contributed by atoms with Crippen LogP contribution in [-0.2, 0) is 11.8 Å². The van der Waals surface area contributed by atoms with Crippen LogP contribution in [0.2, 0.25) is 0 Å². The second-order valence-corrected chi connectivity index (χ2v) is 7.31. The van der Waals surface area contributed by atoms with Gasteiger partial charge in [-0.25, -0.2) is 0 Å². The summed E-state index contributed by atoms with van der Waals surface area (Å²) >= 11 is 1.87. The maximum Gasteiger partial charge on any atom is 0.0123 e. The summed E-state index contributed by atoms with van der Waals surface area (Å²) in [4.78, 5) is 1.48. The molecule has 1 atom stereocenters. The number of nitrogens with one attached hydrogen (secondary N) is 1. The molecule has 1 aromatic heterocycles. The molecular weight excluding hydrogens is 274 g/mol. The van der Waals surface area contributed by atoms with Gasteiger partial charge in [-0.05, 0) is 42.3 Å². The SMILES string of the molecule is CCC(CNCC(C)C)(Cc1cccs1)c1ccccc1. The molecule has 0 saturated heterocycles. The Kier molecular flexibility index (Phi) is 6.01. The Morgan fingerprint density at radius 3 is 2.43 bits per heavy atom. The van der Waals surface area contributed by atoms with Gasteiger partial charge < -0.3 is 5.32 Å². The van der Waals surface area contributed by atoms with Crippen molar-refractivity contribution < 1.29 is 0 Å². The van der Waals surface area contributed by atoms with E-state index >= 15 is 0 Å². The zero-order chi connectivity index (χ0) is 15.1. The predicted octanol–water partition coefficient (Wildman–Crippen LogP) is 4.88. The van der Waals surface area contributed by atoms with Crippen molar-refractivity contribution in [1.82, 2.24) is 5.32 Å². The van der Waals surface area contributed by atoms with Gasteiger partial charge in [-0.1, -0.05) is 57.2 Å². The molecule has 0 radical (unpaired) electrons. The first-order chi connectivity index (χ1) is 10.2. The van der Waals surface area contributed by atoms with Crippen molar-refractivity contribution in [1.29, 1.82) is 0 Å². The van der Waals surface area contributed by atoms with Crippen LogP contribution in [-0.4, -0.2) is 13.1 Å². The lowest BCUT2D eigenvalue weighted by Gasteiger charge is -2.34. The summed E-state index contributed by atoms with van der Waals surface area (Å²) in [6.45, 7) is 8.98. The van der Waals surface area contributed by atoms with Crippen LogP contribution < -0.4 is 5.32 Å². The monoisotopic (exact) mass is 301 g/mol. The molecule has 0 spiro atoms. The maximum absolute atomic E-state index is 3.69. The first-order valence-electron chi connectivity index (χ1n) is 7.95.